The molecule has 0 radical (unpaired) electrons. The summed E-state index contributed by atoms with van der Waals surface area (Å²) in [6, 6.07) is 15.3. The molecule has 0 aliphatic carbocycles. The number of nitrogens with zero attached hydrogens (tertiary/aromatic N) is 6. The van der Waals surface area contributed by atoms with E-state index in [1.54, 1.807) is 47.7 Å². The van der Waals surface area contributed by atoms with Crippen molar-refractivity contribution in [2.45, 2.75) is 44.8 Å². The Bertz CT molecular complexity index is 1640. The molecule has 0 saturated carbocycles. The first-order valence-electron chi connectivity index (χ1n) is 12.9. The minimum atomic E-state index is -0.816. The van der Waals surface area contributed by atoms with Crippen molar-refractivity contribution in [2.24, 2.45) is 5.73 Å². The number of likely N-dealkylation sites (tertiary alicyclic amines) is 1. The van der Waals surface area contributed by atoms with Crippen LogP contribution in [0.5, 0.6) is 11.5 Å². The third kappa shape index (κ3) is 5.48. The molecule has 1 aliphatic rings. The lowest BCUT2D eigenvalue weighted by molar-refractivity contribution is -0.127. The van der Waals surface area contributed by atoms with Gasteiger partial charge in [0.25, 0.3) is 5.91 Å². The fourth-order valence-electron chi connectivity index (χ4n) is 4.88. The summed E-state index contributed by atoms with van der Waals surface area (Å²) in [4.78, 5) is 23.4. The number of hydrogen-bond acceptors (Lipinski definition) is 8. The fourth-order valence-corrected chi connectivity index (χ4v) is 4.88. The van der Waals surface area contributed by atoms with Crippen molar-refractivity contribution >= 4 is 22.8 Å². The zero-order chi connectivity index (χ0) is 28.4. The number of anilines is 1. The maximum Gasteiger partial charge on any atom is 0.264 e. The number of rotatable bonds is 7. The monoisotopic (exact) mass is 540 g/mol. The van der Waals surface area contributed by atoms with Crippen molar-refractivity contribution in [1.82, 2.24) is 24.6 Å². The number of nitrogen functional groups attached to an aromatic ring is 1. The molecule has 1 aliphatic heterocycles. The molecule has 10 nitrogen and oxygen atoms in total. The van der Waals surface area contributed by atoms with Gasteiger partial charge in [0.1, 0.15) is 46.8 Å². The molecule has 2 aromatic carbocycles. The van der Waals surface area contributed by atoms with Gasteiger partial charge in [-0.1, -0.05) is 18.2 Å². The molecule has 204 valence electrons. The molecule has 0 spiro atoms. The molecule has 0 unspecified atom stereocenters. The Morgan fingerprint density at radius 2 is 2.00 bits per heavy atom. The van der Waals surface area contributed by atoms with Gasteiger partial charge in [-0.05, 0) is 57.0 Å². The van der Waals surface area contributed by atoms with Crippen molar-refractivity contribution in [3.05, 3.63) is 72.3 Å². The standard InChI is InChI=1S/C29H29FN8O2/c1-29(2,33)14-18(15-31)28(39)37-12-6-7-19(37)16-38-27-24(26(32)34-17-35-27)25(36-38)22-11-10-21(13-23(22)30)40-20-8-4-3-5-9-20/h3-5,8-11,13-14,17,19H,6-7,12,16,33H2,1-2H3,(H2,32,34,35)/b18-14+/t19-/m1/s1. The maximum absolute atomic E-state index is 15.4. The SMILES string of the molecule is CC(C)(N)/C=C(\C#N)C(=O)N1CCC[C@@H]1Cn1nc(-c2ccc(Oc3ccccc3)cc2F)c2c(N)ncnc21. The largest absolute Gasteiger partial charge is 0.457 e. The highest BCUT2D eigenvalue weighted by Gasteiger charge is 2.33. The summed E-state index contributed by atoms with van der Waals surface area (Å²) in [5.74, 6) is 0.155. The summed E-state index contributed by atoms with van der Waals surface area (Å²) < 4.78 is 22.8. The van der Waals surface area contributed by atoms with E-state index in [9.17, 15) is 10.1 Å². The molecule has 1 fully saturated rings. The number of carbonyl (C=O) groups excluding carboxylic acids is 1. The number of halogens is 1. The zero-order valence-corrected chi connectivity index (χ0v) is 22.2. The van der Waals surface area contributed by atoms with Crippen LogP contribution < -0.4 is 16.2 Å². The first kappa shape index (κ1) is 26.8. The van der Waals surface area contributed by atoms with Gasteiger partial charge < -0.3 is 21.1 Å². The van der Waals surface area contributed by atoms with Gasteiger partial charge in [0.2, 0.25) is 0 Å². The van der Waals surface area contributed by atoms with E-state index in [4.69, 9.17) is 21.3 Å². The van der Waals surface area contributed by atoms with Crippen molar-refractivity contribution in [1.29, 1.82) is 5.26 Å². The van der Waals surface area contributed by atoms with Crippen LogP contribution in [0.3, 0.4) is 0 Å². The second-order valence-corrected chi connectivity index (χ2v) is 10.3. The molecule has 0 bridgehead atoms. The van der Waals surface area contributed by atoms with Crippen molar-refractivity contribution < 1.29 is 13.9 Å². The van der Waals surface area contributed by atoms with Crippen LogP contribution in [-0.2, 0) is 11.3 Å². The first-order valence-corrected chi connectivity index (χ1v) is 12.9. The lowest BCUT2D eigenvalue weighted by Crippen LogP contribution is -2.40. The van der Waals surface area contributed by atoms with E-state index in [1.165, 1.54) is 18.5 Å². The van der Waals surface area contributed by atoms with Gasteiger partial charge in [-0.15, -0.1) is 0 Å². The van der Waals surface area contributed by atoms with Gasteiger partial charge in [0.05, 0.1) is 18.0 Å². The van der Waals surface area contributed by atoms with Gasteiger partial charge in [0, 0.05) is 23.7 Å². The molecular weight excluding hydrogens is 511 g/mol. The summed E-state index contributed by atoms with van der Waals surface area (Å²) in [6.07, 6.45) is 4.27. The minimum absolute atomic E-state index is 0.00290. The molecule has 40 heavy (non-hydrogen) atoms. The molecule has 4 aromatic rings. The van der Waals surface area contributed by atoms with Gasteiger partial charge in [-0.25, -0.2) is 19.0 Å². The third-order valence-corrected chi connectivity index (χ3v) is 6.62. The quantitative estimate of drug-likeness (QED) is 0.262. The Kier molecular flexibility index (Phi) is 7.19. The smallest absolute Gasteiger partial charge is 0.264 e. The summed E-state index contributed by atoms with van der Waals surface area (Å²) in [6.45, 7) is 4.22. The lowest BCUT2D eigenvalue weighted by Gasteiger charge is -2.25. The van der Waals surface area contributed by atoms with Crippen molar-refractivity contribution in [3.8, 4) is 28.8 Å². The highest BCUT2D eigenvalue weighted by molar-refractivity contribution is 5.99. The van der Waals surface area contributed by atoms with Crippen LogP contribution in [0.4, 0.5) is 10.2 Å². The van der Waals surface area contributed by atoms with Crippen molar-refractivity contribution in [2.75, 3.05) is 12.3 Å². The molecule has 1 amide bonds. The third-order valence-electron chi connectivity index (χ3n) is 6.62. The first-order chi connectivity index (χ1) is 19.1. The number of para-hydroxylation sites is 1. The van der Waals surface area contributed by atoms with Crippen LogP contribution >= 0.6 is 0 Å². The zero-order valence-electron chi connectivity index (χ0n) is 22.2. The van der Waals surface area contributed by atoms with Crippen molar-refractivity contribution in [3.63, 3.8) is 0 Å². The van der Waals surface area contributed by atoms with Gasteiger partial charge in [0.15, 0.2) is 5.65 Å². The Labute approximate surface area is 230 Å². The van der Waals surface area contributed by atoms with Crippen LogP contribution in [-0.4, -0.2) is 48.7 Å². The average molecular weight is 541 g/mol. The summed E-state index contributed by atoms with van der Waals surface area (Å²) in [5.41, 5.74) is 12.3. The molecule has 1 saturated heterocycles. The fraction of sp³-hybridized carbons (Fsp3) is 0.276. The van der Waals surface area contributed by atoms with Crippen LogP contribution in [0.1, 0.15) is 26.7 Å². The van der Waals surface area contributed by atoms with Gasteiger partial charge in [-0.2, -0.15) is 10.4 Å². The van der Waals surface area contributed by atoms with Crippen LogP contribution in [0, 0.1) is 17.1 Å². The number of hydrogen-bond donors (Lipinski definition) is 2. The Hall–Kier alpha value is -4.82. The van der Waals surface area contributed by atoms with E-state index in [1.807, 2.05) is 24.3 Å². The minimum Gasteiger partial charge on any atom is -0.457 e. The maximum atomic E-state index is 15.4. The number of carbonyl (C=O) groups is 1. The average Bonchev–Trinajstić information content (AvgIpc) is 3.53. The van der Waals surface area contributed by atoms with Crippen LogP contribution in [0.25, 0.3) is 22.3 Å². The molecule has 4 N–H and O–H groups in total. The Morgan fingerprint density at radius 1 is 1.23 bits per heavy atom. The number of ether oxygens (including phenoxy) is 1. The number of amides is 1. The number of fused-ring (bicyclic) bond motifs is 1. The van der Waals surface area contributed by atoms with Crippen LogP contribution in [0.2, 0.25) is 0 Å². The second kappa shape index (κ2) is 10.7. The van der Waals surface area contributed by atoms with E-state index in [0.29, 0.717) is 35.5 Å². The van der Waals surface area contributed by atoms with Crippen LogP contribution in [0.15, 0.2) is 66.5 Å². The second-order valence-electron chi connectivity index (χ2n) is 10.3. The molecule has 11 heteroatoms. The molecular formula is C29H29FN8O2. The number of benzene rings is 2. The molecule has 2 aromatic heterocycles. The molecule has 5 rings (SSSR count). The van der Waals surface area contributed by atoms with E-state index in [2.05, 4.69) is 9.97 Å². The van der Waals surface area contributed by atoms with E-state index in [0.717, 1.165) is 6.42 Å². The lowest BCUT2D eigenvalue weighted by atomic mass is 10.0. The predicted octanol–water partition coefficient (Wildman–Crippen LogP) is 4.19. The normalized spacial score (nSPS) is 15.8. The number of nitriles is 1. The predicted molar refractivity (Wildman–Crippen MR) is 148 cm³/mol. The Balaban J connectivity index is 1.48. The van der Waals surface area contributed by atoms with Gasteiger partial charge >= 0.3 is 0 Å². The Morgan fingerprint density at radius 3 is 2.70 bits per heavy atom. The summed E-state index contributed by atoms with van der Waals surface area (Å²) in [7, 11) is 0. The topological polar surface area (TPSA) is 149 Å². The summed E-state index contributed by atoms with van der Waals surface area (Å²) in [5, 5.41) is 14.7. The van der Waals surface area contributed by atoms with Gasteiger partial charge in [-0.3, -0.25) is 4.79 Å². The van der Waals surface area contributed by atoms with E-state index in [-0.39, 0.29) is 41.1 Å². The highest BCUT2D eigenvalue weighted by atomic mass is 19.1. The van der Waals surface area contributed by atoms with E-state index >= 15 is 4.39 Å². The number of nitrogens with two attached hydrogens (primary N) is 2. The van der Waals surface area contributed by atoms with E-state index < -0.39 is 11.4 Å². The highest BCUT2D eigenvalue weighted by Crippen LogP contribution is 2.35. The molecule has 3 heterocycles. The summed E-state index contributed by atoms with van der Waals surface area (Å²) >= 11 is 0. The number of aromatic nitrogens is 4. The molecule has 1 atom stereocenters.